The summed E-state index contributed by atoms with van der Waals surface area (Å²) < 4.78 is 1.84. The van der Waals surface area contributed by atoms with E-state index in [0.717, 1.165) is 28.9 Å². The maximum atomic E-state index is 12.3. The summed E-state index contributed by atoms with van der Waals surface area (Å²) >= 11 is 6.17. The Bertz CT molecular complexity index is 928. The standard InChI is InChI=1S/C19H18ClN3O/c1-3-14-8-6-7-13(2)18(14)22-17(24)11-10-15-19(20)21-16-9-4-5-12-23(15)16/h4-12H,3H2,1-2H3,(H,22,24)/b11-10+. The molecule has 1 amide bonds. The Kier molecular flexibility index (Phi) is 4.67. The number of halogens is 1. The van der Waals surface area contributed by atoms with Crippen LogP contribution in [0.3, 0.4) is 0 Å². The van der Waals surface area contributed by atoms with Gasteiger partial charge >= 0.3 is 0 Å². The number of aryl methyl sites for hydroxylation is 2. The van der Waals surface area contributed by atoms with E-state index in [2.05, 4.69) is 17.2 Å². The van der Waals surface area contributed by atoms with E-state index in [1.807, 2.05) is 53.9 Å². The highest BCUT2D eigenvalue weighted by Gasteiger charge is 2.09. The van der Waals surface area contributed by atoms with Crippen molar-refractivity contribution in [3.05, 3.63) is 70.6 Å². The average molecular weight is 340 g/mol. The van der Waals surface area contributed by atoms with Gasteiger partial charge in [-0.15, -0.1) is 0 Å². The van der Waals surface area contributed by atoms with Crippen LogP contribution in [0.2, 0.25) is 5.15 Å². The largest absolute Gasteiger partial charge is 0.322 e. The lowest BCUT2D eigenvalue weighted by Crippen LogP contribution is -2.11. The molecule has 0 atom stereocenters. The van der Waals surface area contributed by atoms with Gasteiger partial charge in [0.05, 0.1) is 5.69 Å². The Morgan fingerprint density at radius 2 is 2.12 bits per heavy atom. The minimum Gasteiger partial charge on any atom is -0.322 e. The number of para-hydroxylation sites is 1. The molecule has 0 saturated carbocycles. The lowest BCUT2D eigenvalue weighted by atomic mass is 10.1. The summed E-state index contributed by atoms with van der Waals surface area (Å²) in [6, 6.07) is 11.7. The van der Waals surface area contributed by atoms with Gasteiger partial charge in [0.2, 0.25) is 5.91 Å². The molecule has 0 aliphatic carbocycles. The van der Waals surface area contributed by atoms with Crippen molar-refractivity contribution in [3.63, 3.8) is 0 Å². The minimum atomic E-state index is -0.194. The molecule has 3 rings (SSSR count). The maximum absolute atomic E-state index is 12.3. The van der Waals surface area contributed by atoms with Crippen LogP contribution in [0.4, 0.5) is 5.69 Å². The van der Waals surface area contributed by atoms with Crippen LogP contribution in [-0.2, 0) is 11.2 Å². The molecule has 1 N–H and O–H groups in total. The van der Waals surface area contributed by atoms with Gasteiger partial charge in [0.15, 0.2) is 5.15 Å². The number of fused-ring (bicyclic) bond motifs is 1. The molecule has 0 bridgehead atoms. The molecule has 3 aromatic rings. The van der Waals surface area contributed by atoms with Crippen LogP contribution in [-0.4, -0.2) is 15.3 Å². The van der Waals surface area contributed by atoms with Crippen molar-refractivity contribution in [2.75, 3.05) is 5.32 Å². The number of hydrogen-bond donors (Lipinski definition) is 1. The summed E-state index contributed by atoms with van der Waals surface area (Å²) in [6.45, 7) is 4.05. The molecule has 0 aliphatic rings. The van der Waals surface area contributed by atoms with E-state index in [9.17, 15) is 4.79 Å². The molecular formula is C19H18ClN3O. The van der Waals surface area contributed by atoms with Gasteiger partial charge in [-0.25, -0.2) is 4.98 Å². The number of carbonyl (C=O) groups is 1. The van der Waals surface area contributed by atoms with Crippen LogP contribution in [0.25, 0.3) is 11.7 Å². The first-order chi connectivity index (χ1) is 11.6. The summed E-state index contributed by atoms with van der Waals surface area (Å²) in [5, 5.41) is 3.33. The number of imidazole rings is 1. The number of pyridine rings is 1. The zero-order valence-corrected chi connectivity index (χ0v) is 14.3. The Morgan fingerprint density at radius 3 is 2.92 bits per heavy atom. The first-order valence-corrected chi connectivity index (χ1v) is 8.18. The molecule has 0 fully saturated rings. The highest BCUT2D eigenvalue weighted by Crippen LogP contribution is 2.22. The van der Waals surface area contributed by atoms with E-state index in [1.54, 1.807) is 6.08 Å². The number of hydrogen-bond acceptors (Lipinski definition) is 2. The van der Waals surface area contributed by atoms with E-state index in [4.69, 9.17) is 11.6 Å². The number of aromatic nitrogens is 2. The summed E-state index contributed by atoms with van der Waals surface area (Å²) in [5.74, 6) is -0.194. The number of amides is 1. The van der Waals surface area contributed by atoms with Gasteiger partial charge in [0.1, 0.15) is 5.65 Å². The Morgan fingerprint density at radius 1 is 1.29 bits per heavy atom. The third-order valence-corrected chi connectivity index (χ3v) is 4.18. The van der Waals surface area contributed by atoms with Crippen molar-refractivity contribution in [3.8, 4) is 0 Å². The quantitative estimate of drug-likeness (QED) is 0.711. The minimum absolute atomic E-state index is 0.194. The Hall–Kier alpha value is -2.59. The summed E-state index contributed by atoms with van der Waals surface area (Å²) in [6.07, 6.45) is 5.89. The zero-order valence-electron chi connectivity index (χ0n) is 13.6. The first kappa shape index (κ1) is 16.3. The van der Waals surface area contributed by atoms with Gasteiger partial charge in [0, 0.05) is 18.0 Å². The van der Waals surface area contributed by atoms with Crippen molar-refractivity contribution < 1.29 is 4.79 Å². The molecule has 0 radical (unpaired) electrons. The van der Waals surface area contributed by atoms with Gasteiger partial charge < -0.3 is 5.32 Å². The number of benzene rings is 1. The first-order valence-electron chi connectivity index (χ1n) is 7.80. The summed E-state index contributed by atoms with van der Waals surface area (Å²) in [4.78, 5) is 16.6. The third-order valence-electron chi connectivity index (χ3n) is 3.90. The second-order valence-corrected chi connectivity index (χ2v) is 5.86. The molecule has 0 spiro atoms. The number of rotatable bonds is 4. The van der Waals surface area contributed by atoms with Gasteiger partial charge in [-0.1, -0.05) is 42.8 Å². The second kappa shape index (κ2) is 6.89. The Balaban J connectivity index is 1.85. The molecule has 2 heterocycles. The third kappa shape index (κ3) is 3.19. The average Bonchev–Trinajstić information content (AvgIpc) is 2.90. The van der Waals surface area contributed by atoms with Crippen molar-refractivity contribution >= 4 is 34.9 Å². The number of nitrogens with one attached hydrogen (secondary N) is 1. The molecule has 4 nitrogen and oxygen atoms in total. The van der Waals surface area contributed by atoms with E-state index >= 15 is 0 Å². The summed E-state index contributed by atoms with van der Waals surface area (Å²) in [7, 11) is 0. The molecular weight excluding hydrogens is 322 g/mol. The highest BCUT2D eigenvalue weighted by atomic mass is 35.5. The molecule has 0 saturated heterocycles. The van der Waals surface area contributed by atoms with E-state index in [1.165, 1.54) is 6.08 Å². The smallest absolute Gasteiger partial charge is 0.248 e. The maximum Gasteiger partial charge on any atom is 0.248 e. The van der Waals surface area contributed by atoms with Gasteiger partial charge in [0.25, 0.3) is 0 Å². The fraction of sp³-hybridized carbons (Fsp3) is 0.158. The van der Waals surface area contributed by atoms with Crippen LogP contribution in [0.15, 0.2) is 48.7 Å². The van der Waals surface area contributed by atoms with Crippen molar-refractivity contribution in [2.24, 2.45) is 0 Å². The van der Waals surface area contributed by atoms with Crippen molar-refractivity contribution in [2.45, 2.75) is 20.3 Å². The van der Waals surface area contributed by atoms with E-state index < -0.39 is 0 Å². The predicted octanol–water partition coefficient (Wildman–Crippen LogP) is 4.51. The normalized spacial score (nSPS) is 11.3. The highest BCUT2D eigenvalue weighted by molar-refractivity contribution is 6.31. The van der Waals surface area contributed by atoms with Crippen LogP contribution in [0.5, 0.6) is 0 Å². The summed E-state index contributed by atoms with van der Waals surface area (Å²) in [5.41, 5.74) is 4.46. The molecule has 1 aromatic carbocycles. The molecule has 0 aliphatic heterocycles. The molecule has 2 aromatic heterocycles. The van der Waals surface area contributed by atoms with E-state index in [0.29, 0.717) is 10.8 Å². The fourth-order valence-corrected chi connectivity index (χ4v) is 2.90. The topological polar surface area (TPSA) is 46.4 Å². The number of carbonyl (C=O) groups excluding carboxylic acids is 1. The second-order valence-electron chi connectivity index (χ2n) is 5.50. The van der Waals surface area contributed by atoms with E-state index in [-0.39, 0.29) is 5.91 Å². The fourth-order valence-electron chi connectivity index (χ4n) is 2.66. The lowest BCUT2D eigenvalue weighted by molar-refractivity contribution is -0.111. The van der Waals surface area contributed by atoms with Crippen LogP contribution < -0.4 is 5.32 Å². The van der Waals surface area contributed by atoms with Crippen LogP contribution >= 0.6 is 11.6 Å². The van der Waals surface area contributed by atoms with Gasteiger partial charge in [-0.3, -0.25) is 9.20 Å². The molecule has 5 heteroatoms. The SMILES string of the molecule is CCc1cccc(C)c1NC(=O)/C=C/c1c(Cl)nc2ccccn12. The molecule has 24 heavy (non-hydrogen) atoms. The number of anilines is 1. The number of nitrogens with zero attached hydrogens (tertiary/aromatic N) is 2. The van der Waals surface area contributed by atoms with Gasteiger partial charge in [-0.2, -0.15) is 0 Å². The Labute approximate surface area is 145 Å². The van der Waals surface area contributed by atoms with Crippen molar-refractivity contribution in [1.82, 2.24) is 9.38 Å². The molecule has 0 unspecified atom stereocenters. The zero-order chi connectivity index (χ0) is 17.1. The predicted molar refractivity (Wildman–Crippen MR) is 98.4 cm³/mol. The van der Waals surface area contributed by atoms with Crippen LogP contribution in [0.1, 0.15) is 23.7 Å². The molecule has 122 valence electrons. The lowest BCUT2D eigenvalue weighted by Gasteiger charge is -2.11. The van der Waals surface area contributed by atoms with Crippen LogP contribution in [0, 0.1) is 6.92 Å². The monoisotopic (exact) mass is 339 g/mol. The van der Waals surface area contributed by atoms with Crippen molar-refractivity contribution in [1.29, 1.82) is 0 Å². The van der Waals surface area contributed by atoms with Gasteiger partial charge in [-0.05, 0) is 42.7 Å².